The molecule has 1 aliphatic carbocycles. The Hall–Kier alpha value is -3.57. The molecule has 1 amide bonds. The summed E-state index contributed by atoms with van der Waals surface area (Å²) in [5.74, 6) is 1.31. The second kappa shape index (κ2) is 11.5. The second-order valence-electron chi connectivity index (χ2n) is 11.4. The zero-order chi connectivity index (χ0) is 28.6. The van der Waals surface area contributed by atoms with Crippen LogP contribution in [-0.4, -0.2) is 22.9 Å². The molecule has 5 rings (SSSR count). The lowest BCUT2D eigenvalue weighted by molar-refractivity contribution is -0.114. The number of amides is 1. The molecule has 0 spiro atoms. The zero-order valence-electron chi connectivity index (χ0n) is 23.8. The average molecular weight is 557 g/mol. The topological polar surface area (TPSA) is 60.3 Å². The Labute approximate surface area is 241 Å². The molecule has 1 fully saturated rings. The van der Waals surface area contributed by atoms with E-state index in [9.17, 15) is 9.59 Å². The van der Waals surface area contributed by atoms with Crippen LogP contribution in [0.25, 0.3) is 10.9 Å². The Balaban J connectivity index is 1.38. The maximum atomic E-state index is 13.3. The van der Waals surface area contributed by atoms with Gasteiger partial charge in [0.25, 0.3) is 5.91 Å². The minimum atomic E-state index is -0.406. The summed E-state index contributed by atoms with van der Waals surface area (Å²) in [6.07, 6.45) is 2.55. The van der Waals surface area contributed by atoms with Gasteiger partial charge in [-0.1, -0.05) is 49.7 Å². The van der Waals surface area contributed by atoms with Gasteiger partial charge < -0.3 is 14.6 Å². The molecule has 1 N–H and O–H groups in total. The molecule has 0 bridgehead atoms. The van der Waals surface area contributed by atoms with Crippen molar-refractivity contribution in [1.82, 2.24) is 9.88 Å². The number of halogens is 1. The maximum Gasteiger partial charge on any atom is 0.251 e. The van der Waals surface area contributed by atoms with Gasteiger partial charge in [0.2, 0.25) is 0 Å². The van der Waals surface area contributed by atoms with Crippen LogP contribution in [0.15, 0.2) is 60.7 Å². The van der Waals surface area contributed by atoms with Crippen LogP contribution >= 0.6 is 11.6 Å². The van der Waals surface area contributed by atoms with Gasteiger partial charge in [-0.15, -0.1) is 0 Å². The van der Waals surface area contributed by atoms with Gasteiger partial charge in [-0.3, -0.25) is 9.59 Å². The van der Waals surface area contributed by atoms with Crippen LogP contribution in [0, 0.1) is 19.8 Å². The van der Waals surface area contributed by atoms with Crippen molar-refractivity contribution in [2.24, 2.45) is 5.92 Å². The van der Waals surface area contributed by atoms with Crippen molar-refractivity contribution in [1.29, 1.82) is 0 Å². The molecule has 6 heteroatoms. The summed E-state index contributed by atoms with van der Waals surface area (Å²) in [5.41, 5.74) is 7.18. The molecule has 40 heavy (non-hydrogen) atoms. The molecule has 1 heterocycles. The quantitative estimate of drug-likeness (QED) is 0.202. The number of benzene rings is 3. The van der Waals surface area contributed by atoms with Gasteiger partial charge in [0, 0.05) is 39.6 Å². The van der Waals surface area contributed by atoms with E-state index in [2.05, 4.69) is 61.8 Å². The van der Waals surface area contributed by atoms with E-state index in [1.165, 1.54) is 5.56 Å². The number of hydrogen-bond acceptors (Lipinski definition) is 3. The summed E-state index contributed by atoms with van der Waals surface area (Å²) in [4.78, 5) is 24.7. The van der Waals surface area contributed by atoms with Gasteiger partial charge in [0.05, 0.1) is 6.04 Å². The van der Waals surface area contributed by atoms with Crippen LogP contribution in [0.5, 0.6) is 5.75 Å². The van der Waals surface area contributed by atoms with Gasteiger partial charge in [-0.2, -0.15) is 0 Å². The molecule has 0 saturated heterocycles. The number of aromatic nitrogens is 1. The van der Waals surface area contributed by atoms with E-state index in [-0.39, 0.29) is 11.9 Å². The molecule has 4 aromatic rings. The minimum Gasteiger partial charge on any atom is -0.483 e. The maximum absolute atomic E-state index is 13.3. The van der Waals surface area contributed by atoms with Crippen molar-refractivity contribution >= 4 is 34.7 Å². The van der Waals surface area contributed by atoms with Gasteiger partial charge >= 0.3 is 0 Å². The summed E-state index contributed by atoms with van der Waals surface area (Å²) >= 11 is 6.60. The van der Waals surface area contributed by atoms with E-state index in [1.807, 2.05) is 43.3 Å². The van der Waals surface area contributed by atoms with Crippen LogP contribution in [0.4, 0.5) is 0 Å². The van der Waals surface area contributed by atoms with Crippen molar-refractivity contribution in [3.8, 4) is 5.75 Å². The number of fused-ring (bicyclic) bond motifs is 1. The van der Waals surface area contributed by atoms with Crippen molar-refractivity contribution in [2.45, 2.75) is 72.1 Å². The van der Waals surface area contributed by atoms with E-state index in [0.29, 0.717) is 34.7 Å². The van der Waals surface area contributed by atoms with E-state index in [0.717, 1.165) is 52.4 Å². The third kappa shape index (κ3) is 5.80. The summed E-state index contributed by atoms with van der Waals surface area (Å²) in [5, 5.41) is 4.85. The number of hydrogen-bond donors (Lipinski definition) is 1. The molecule has 208 valence electrons. The monoisotopic (exact) mass is 556 g/mol. The van der Waals surface area contributed by atoms with Gasteiger partial charge in [-0.05, 0) is 98.2 Å². The smallest absolute Gasteiger partial charge is 0.251 e. The normalized spacial score (nSPS) is 14.8. The molecular weight excluding hydrogens is 520 g/mol. The fraction of sp³-hybridized carbons (Fsp3) is 0.353. The SMILES string of the molecule is Cc1c(C)n(Cc2cc(O[C@H](C=O)C3CC3)ccc2Cl)c2ccc(C(=O)N[C@@H](C)c3cccc(C(C)C)c3)cc12. The molecule has 1 aromatic heterocycles. The summed E-state index contributed by atoms with van der Waals surface area (Å²) < 4.78 is 8.20. The fourth-order valence-corrected chi connectivity index (χ4v) is 5.46. The third-order valence-corrected chi connectivity index (χ3v) is 8.53. The number of nitrogens with one attached hydrogen (secondary N) is 1. The Kier molecular flexibility index (Phi) is 8.04. The van der Waals surface area contributed by atoms with Crippen LogP contribution in [0.3, 0.4) is 0 Å². The summed E-state index contributed by atoms with van der Waals surface area (Å²) in [6.45, 7) is 11.1. The first kappa shape index (κ1) is 28.0. The summed E-state index contributed by atoms with van der Waals surface area (Å²) in [7, 11) is 0. The van der Waals surface area contributed by atoms with Gasteiger partial charge in [0.1, 0.15) is 5.75 Å². The molecule has 0 aliphatic heterocycles. The fourth-order valence-electron chi connectivity index (χ4n) is 5.28. The van der Waals surface area contributed by atoms with Crippen LogP contribution in [0.1, 0.15) is 83.9 Å². The number of carbonyl (C=O) groups excluding carboxylic acids is 2. The number of rotatable bonds is 10. The number of nitrogens with zero attached hydrogens (tertiary/aromatic N) is 1. The predicted molar refractivity (Wildman–Crippen MR) is 162 cm³/mol. The number of aldehydes is 1. The Morgan fingerprint density at radius 2 is 1.80 bits per heavy atom. The first-order chi connectivity index (χ1) is 19.2. The highest BCUT2D eigenvalue weighted by Gasteiger charge is 2.32. The largest absolute Gasteiger partial charge is 0.483 e. The highest BCUT2D eigenvalue weighted by molar-refractivity contribution is 6.31. The van der Waals surface area contributed by atoms with E-state index < -0.39 is 6.10 Å². The molecule has 2 atom stereocenters. The first-order valence-electron chi connectivity index (χ1n) is 14.1. The molecule has 1 saturated carbocycles. The van der Waals surface area contributed by atoms with Crippen LogP contribution < -0.4 is 10.1 Å². The molecular formula is C34H37ClN2O3. The number of carbonyl (C=O) groups is 2. The first-order valence-corrected chi connectivity index (χ1v) is 14.4. The Morgan fingerprint density at radius 1 is 1.05 bits per heavy atom. The standard InChI is InChI=1S/C34H37ClN2O3/c1-20(2)25-7-6-8-26(15-25)22(4)36-34(39)27-11-14-32-30(17-27)21(3)23(5)37(32)18-28-16-29(12-13-31(28)35)40-33(19-38)24-9-10-24/h6-8,11-17,19-20,22,24,33H,9-10,18H2,1-5H3,(H,36,39)/t22-,33+/m0/s1. The lowest BCUT2D eigenvalue weighted by Gasteiger charge is -2.17. The van der Waals surface area contributed by atoms with Crippen LogP contribution in [0.2, 0.25) is 5.02 Å². The van der Waals surface area contributed by atoms with Crippen molar-refractivity contribution in [3.63, 3.8) is 0 Å². The zero-order valence-corrected chi connectivity index (χ0v) is 24.6. The Morgan fingerprint density at radius 3 is 2.50 bits per heavy atom. The minimum absolute atomic E-state index is 0.0950. The third-order valence-electron chi connectivity index (χ3n) is 8.16. The second-order valence-corrected chi connectivity index (χ2v) is 11.8. The predicted octanol–water partition coefficient (Wildman–Crippen LogP) is 7.93. The van der Waals surface area contributed by atoms with E-state index in [4.69, 9.17) is 16.3 Å². The average Bonchev–Trinajstić information content (AvgIpc) is 3.77. The van der Waals surface area contributed by atoms with E-state index in [1.54, 1.807) is 0 Å². The van der Waals surface area contributed by atoms with Crippen molar-refractivity contribution < 1.29 is 14.3 Å². The van der Waals surface area contributed by atoms with Crippen LogP contribution in [-0.2, 0) is 11.3 Å². The highest BCUT2D eigenvalue weighted by atomic mass is 35.5. The summed E-state index contributed by atoms with van der Waals surface area (Å²) in [6, 6.07) is 19.8. The molecule has 5 nitrogen and oxygen atoms in total. The van der Waals surface area contributed by atoms with E-state index >= 15 is 0 Å². The van der Waals surface area contributed by atoms with Crippen molar-refractivity contribution in [3.05, 3.63) is 99.2 Å². The van der Waals surface area contributed by atoms with Crippen molar-refractivity contribution in [2.75, 3.05) is 0 Å². The lowest BCUT2D eigenvalue weighted by Crippen LogP contribution is -2.26. The number of aryl methyl sites for hydroxylation is 1. The molecule has 0 radical (unpaired) electrons. The van der Waals surface area contributed by atoms with Gasteiger partial charge in [-0.25, -0.2) is 0 Å². The molecule has 3 aromatic carbocycles. The highest BCUT2D eigenvalue weighted by Crippen LogP contribution is 2.35. The van der Waals surface area contributed by atoms with Gasteiger partial charge in [0.15, 0.2) is 12.4 Å². The molecule has 1 aliphatic rings. The molecule has 0 unspecified atom stereocenters. The lowest BCUT2D eigenvalue weighted by atomic mass is 9.98. The number of ether oxygens (including phenoxy) is 1. The Bertz CT molecular complexity index is 1570.